The Bertz CT molecular complexity index is 632. The van der Waals surface area contributed by atoms with E-state index in [1.165, 1.54) is 11.8 Å². The van der Waals surface area contributed by atoms with Gasteiger partial charge in [-0.3, -0.25) is 10.1 Å². The molecule has 2 rings (SSSR count). The Morgan fingerprint density at radius 1 is 1.21 bits per heavy atom. The van der Waals surface area contributed by atoms with E-state index in [1.807, 2.05) is 31.2 Å². The third-order valence-corrected chi connectivity index (χ3v) is 3.57. The number of hydrogen-bond acceptors (Lipinski definition) is 5. The highest BCUT2D eigenvalue weighted by Gasteiger charge is 2.22. The van der Waals surface area contributed by atoms with Crippen LogP contribution >= 0.6 is 23.4 Å². The lowest BCUT2D eigenvalue weighted by Gasteiger charge is -2.04. The maximum Gasteiger partial charge on any atom is 0.322 e. The summed E-state index contributed by atoms with van der Waals surface area (Å²) in [5.41, 5.74) is 1.28. The SMILES string of the molecule is Cc1ccc(Sc2nc(Cl)nc(C)c2[N+](=O)[O-])cc1. The van der Waals surface area contributed by atoms with Gasteiger partial charge >= 0.3 is 5.69 Å². The summed E-state index contributed by atoms with van der Waals surface area (Å²) in [4.78, 5) is 19.2. The topological polar surface area (TPSA) is 68.9 Å². The molecule has 0 saturated heterocycles. The number of aromatic nitrogens is 2. The van der Waals surface area contributed by atoms with Crippen molar-refractivity contribution in [3.8, 4) is 0 Å². The van der Waals surface area contributed by atoms with E-state index in [-0.39, 0.29) is 21.7 Å². The summed E-state index contributed by atoms with van der Waals surface area (Å²) < 4.78 is 0. The van der Waals surface area contributed by atoms with Crippen LogP contribution in [0.4, 0.5) is 5.69 Å². The van der Waals surface area contributed by atoms with Crippen molar-refractivity contribution >= 4 is 29.1 Å². The molecular formula is C12H10ClN3O2S. The van der Waals surface area contributed by atoms with Crippen LogP contribution in [0.15, 0.2) is 34.2 Å². The zero-order valence-electron chi connectivity index (χ0n) is 10.3. The van der Waals surface area contributed by atoms with Crippen LogP contribution in [-0.4, -0.2) is 14.9 Å². The van der Waals surface area contributed by atoms with Crippen LogP contribution in [0.2, 0.25) is 5.28 Å². The maximum atomic E-state index is 11.1. The lowest BCUT2D eigenvalue weighted by Crippen LogP contribution is -2.00. The summed E-state index contributed by atoms with van der Waals surface area (Å²) in [6.07, 6.45) is 0. The molecule has 0 aliphatic rings. The Hall–Kier alpha value is -1.66. The van der Waals surface area contributed by atoms with Crippen LogP contribution in [0.3, 0.4) is 0 Å². The van der Waals surface area contributed by atoms with Crippen molar-refractivity contribution in [2.24, 2.45) is 0 Å². The third kappa shape index (κ3) is 3.21. The Morgan fingerprint density at radius 2 is 1.84 bits per heavy atom. The Kier molecular flexibility index (Phi) is 4.01. The molecule has 0 aliphatic carbocycles. The Balaban J connectivity index is 2.44. The second-order valence-electron chi connectivity index (χ2n) is 3.90. The van der Waals surface area contributed by atoms with E-state index in [0.717, 1.165) is 10.5 Å². The first-order valence-corrected chi connectivity index (χ1v) is 6.60. The smallest absolute Gasteiger partial charge is 0.258 e. The Morgan fingerprint density at radius 3 is 2.42 bits per heavy atom. The fourth-order valence-electron chi connectivity index (χ4n) is 1.51. The predicted octanol–water partition coefficient (Wildman–Crippen LogP) is 3.81. The minimum Gasteiger partial charge on any atom is -0.258 e. The van der Waals surface area contributed by atoms with E-state index in [2.05, 4.69) is 9.97 Å². The minimum atomic E-state index is -0.484. The molecule has 19 heavy (non-hydrogen) atoms. The molecule has 98 valence electrons. The summed E-state index contributed by atoms with van der Waals surface area (Å²) in [5, 5.41) is 11.3. The molecule has 0 saturated carbocycles. The summed E-state index contributed by atoms with van der Waals surface area (Å²) in [5.74, 6) is 0. The van der Waals surface area contributed by atoms with Crippen LogP contribution in [0.1, 0.15) is 11.3 Å². The molecule has 0 amide bonds. The van der Waals surface area contributed by atoms with E-state index in [0.29, 0.717) is 0 Å². The van der Waals surface area contributed by atoms with Gasteiger partial charge in [-0.05, 0) is 37.6 Å². The number of benzene rings is 1. The number of nitro groups is 1. The highest BCUT2D eigenvalue weighted by Crippen LogP contribution is 2.35. The minimum absolute atomic E-state index is 0.0118. The van der Waals surface area contributed by atoms with Crippen LogP contribution in [0.5, 0.6) is 0 Å². The van der Waals surface area contributed by atoms with E-state index in [4.69, 9.17) is 11.6 Å². The molecule has 0 bridgehead atoms. The molecule has 0 spiro atoms. The fraction of sp³-hybridized carbons (Fsp3) is 0.167. The van der Waals surface area contributed by atoms with Gasteiger partial charge in [0.2, 0.25) is 5.28 Å². The summed E-state index contributed by atoms with van der Waals surface area (Å²) in [7, 11) is 0. The molecule has 0 radical (unpaired) electrons. The monoisotopic (exact) mass is 295 g/mol. The number of nitrogens with zero attached hydrogens (tertiary/aromatic N) is 3. The molecule has 1 aromatic heterocycles. The summed E-state index contributed by atoms with van der Waals surface area (Å²) in [6, 6.07) is 7.64. The molecule has 0 aliphatic heterocycles. The first kappa shape index (κ1) is 13.8. The molecule has 0 N–H and O–H groups in total. The van der Waals surface area contributed by atoms with E-state index in [9.17, 15) is 10.1 Å². The normalized spacial score (nSPS) is 10.5. The predicted molar refractivity (Wildman–Crippen MR) is 73.7 cm³/mol. The zero-order valence-corrected chi connectivity index (χ0v) is 11.8. The van der Waals surface area contributed by atoms with Crippen LogP contribution in [-0.2, 0) is 0 Å². The van der Waals surface area contributed by atoms with Crippen LogP contribution in [0.25, 0.3) is 0 Å². The van der Waals surface area contributed by atoms with Crippen LogP contribution in [0, 0.1) is 24.0 Å². The van der Waals surface area contributed by atoms with Gasteiger partial charge in [0.15, 0.2) is 5.03 Å². The van der Waals surface area contributed by atoms with Crippen molar-refractivity contribution in [1.29, 1.82) is 0 Å². The van der Waals surface area contributed by atoms with Crippen molar-refractivity contribution in [1.82, 2.24) is 9.97 Å². The molecule has 0 atom stereocenters. The van der Waals surface area contributed by atoms with Crippen molar-refractivity contribution in [3.63, 3.8) is 0 Å². The van der Waals surface area contributed by atoms with Gasteiger partial charge < -0.3 is 0 Å². The zero-order chi connectivity index (χ0) is 14.0. The average molecular weight is 296 g/mol. The van der Waals surface area contributed by atoms with Gasteiger partial charge in [-0.15, -0.1) is 0 Å². The van der Waals surface area contributed by atoms with Crippen molar-refractivity contribution in [2.75, 3.05) is 0 Å². The molecule has 0 fully saturated rings. The molecule has 7 heteroatoms. The van der Waals surface area contributed by atoms with Gasteiger partial charge in [0.1, 0.15) is 5.69 Å². The number of aryl methyl sites for hydroxylation is 2. The van der Waals surface area contributed by atoms with Gasteiger partial charge in [0.25, 0.3) is 0 Å². The molecule has 0 unspecified atom stereocenters. The maximum absolute atomic E-state index is 11.1. The number of halogens is 1. The molecule has 1 heterocycles. The largest absolute Gasteiger partial charge is 0.322 e. The summed E-state index contributed by atoms with van der Waals surface area (Å²) in [6.45, 7) is 3.52. The van der Waals surface area contributed by atoms with Crippen molar-refractivity contribution in [3.05, 3.63) is 50.9 Å². The first-order valence-electron chi connectivity index (χ1n) is 5.40. The third-order valence-electron chi connectivity index (χ3n) is 2.42. The van der Waals surface area contributed by atoms with Gasteiger partial charge in [-0.25, -0.2) is 9.97 Å². The van der Waals surface area contributed by atoms with E-state index in [1.54, 1.807) is 6.92 Å². The van der Waals surface area contributed by atoms with E-state index >= 15 is 0 Å². The molecule has 5 nitrogen and oxygen atoms in total. The van der Waals surface area contributed by atoms with E-state index < -0.39 is 4.92 Å². The van der Waals surface area contributed by atoms with Gasteiger partial charge in [-0.2, -0.15) is 0 Å². The lowest BCUT2D eigenvalue weighted by atomic mass is 10.2. The molecule has 2 aromatic rings. The molecular weight excluding hydrogens is 286 g/mol. The quantitative estimate of drug-likeness (QED) is 0.373. The summed E-state index contributed by atoms with van der Waals surface area (Å²) >= 11 is 6.96. The average Bonchev–Trinajstić information content (AvgIpc) is 2.30. The second kappa shape index (κ2) is 5.54. The van der Waals surface area contributed by atoms with Gasteiger partial charge in [-0.1, -0.05) is 29.5 Å². The molecule has 1 aromatic carbocycles. The highest BCUT2D eigenvalue weighted by atomic mass is 35.5. The van der Waals surface area contributed by atoms with Crippen molar-refractivity contribution in [2.45, 2.75) is 23.8 Å². The lowest BCUT2D eigenvalue weighted by molar-refractivity contribution is -0.389. The standard InChI is InChI=1S/C12H10ClN3O2S/c1-7-3-5-9(6-4-7)19-11-10(16(17)18)8(2)14-12(13)15-11/h3-6H,1-2H3. The van der Waals surface area contributed by atoms with Gasteiger partial charge in [0, 0.05) is 4.90 Å². The first-order chi connectivity index (χ1) is 8.97. The second-order valence-corrected chi connectivity index (χ2v) is 5.30. The Labute approximate surface area is 119 Å². The fourth-order valence-corrected chi connectivity index (χ4v) is 2.71. The van der Waals surface area contributed by atoms with Crippen LogP contribution < -0.4 is 0 Å². The van der Waals surface area contributed by atoms with Gasteiger partial charge in [0.05, 0.1) is 4.92 Å². The van der Waals surface area contributed by atoms with Crippen molar-refractivity contribution < 1.29 is 4.92 Å². The number of rotatable bonds is 3. The number of hydrogen-bond donors (Lipinski definition) is 0. The highest BCUT2D eigenvalue weighted by molar-refractivity contribution is 7.99.